The van der Waals surface area contributed by atoms with Crippen molar-refractivity contribution in [3.63, 3.8) is 0 Å². The Labute approximate surface area is 200 Å². The molecule has 0 saturated heterocycles. The van der Waals surface area contributed by atoms with E-state index >= 15 is 4.39 Å². The van der Waals surface area contributed by atoms with Crippen molar-refractivity contribution in [3.8, 4) is 22.6 Å². The lowest BCUT2D eigenvalue weighted by Crippen LogP contribution is -2.30. The molecule has 4 rings (SSSR count). The third-order valence-electron chi connectivity index (χ3n) is 6.06. The first-order chi connectivity index (χ1) is 16.5. The van der Waals surface area contributed by atoms with Crippen molar-refractivity contribution in [2.45, 2.75) is 46.2 Å². The van der Waals surface area contributed by atoms with E-state index in [1.807, 2.05) is 72.2 Å². The van der Waals surface area contributed by atoms with Gasteiger partial charge in [-0.25, -0.2) is 9.37 Å². The number of aryl methyl sites for hydroxylation is 1. The van der Waals surface area contributed by atoms with Crippen molar-refractivity contribution in [1.29, 1.82) is 0 Å². The normalized spacial score (nSPS) is 11.9. The third-order valence-corrected chi connectivity index (χ3v) is 6.06. The summed E-state index contributed by atoms with van der Waals surface area (Å²) in [6.45, 7) is 6.32. The van der Waals surface area contributed by atoms with Crippen LogP contribution in [0.25, 0.3) is 22.6 Å². The van der Waals surface area contributed by atoms with Gasteiger partial charge in [0.1, 0.15) is 23.0 Å². The highest BCUT2D eigenvalue weighted by Crippen LogP contribution is 2.32. The molecular formula is C29H30FN3O. The van der Waals surface area contributed by atoms with E-state index in [4.69, 9.17) is 4.98 Å². The number of nitrogens with one attached hydrogen (secondary N) is 1. The Morgan fingerprint density at radius 3 is 2.29 bits per heavy atom. The summed E-state index contributed by atoms with van der Waals surface area (Å²) < 4.78 is 17.1. The highest BCUT2D eigenvalue weighted by Gasteiger charge is 2.27. The van der Waals surface area contributed by atoms with Gasteiger partial charge in [-0.3, -0.25) is 4.79 Å². The maximum Gasteiger partial charge on any atom is 0.270 e. The van der Waals surface area contributed by atoms with E-state index in [1.54, 1.807) is 25.1 Å². The second-order valence-electron chi connectivity index (χ2n) is 8.40. The summed E-state index contributed by atoms with van der Waals surface area (Å²) in [6, 6.07) is 24.7. The number of hydrogen-bond donors (Lipinski definition) is 1. The average Bonchev–Trinajstić information content (AvgIpc) is 3.26. The highest BCUT2D eigenvalue weighted by molar-refractivity contribution is 6.00. The summed E-state index contributed by atoms with van der Waals surface area (Å²) in [4.78, 5) is 18.7. The van der Waals surface area contributed by atoms with Crippen molar-refractivity contribution >= 4 is 5.91 Å². The van der Waals surface area contributed by atoms with E-state index in [1.165, 1.54) is 0 Å². The number of halogens is 1. The van der Waals surface area contributed by atoms with Gasteiger partial charge in [0.15, 0.2) is 0 Å². The van der Waals surface area contributed by atoms with Gasteiger partial charge in [0.05, 0.1) is 6.04 Å². The van der Waals surface area contributed by atoms with Crippen molar-refractivity contribution in [3.05, 3.63) is 102 Å². The Bertz CT molecular complexity index is 1270. The second-order valence-corrected chi connectivity index (χ2v) is 8.40. The minimum Gasteiger partial charge on any atom is -0.344 e. The first kappa shape index (κ1) is 23.4. The number of benzene rings is 3. The summed E-state index contributed by atoms with van der Waals surface area (Å²) in [5, 5.41) is 3.21. The van der Waals surface area contributed by atoms with Gasteiger partial charge in [-0.05, 0) is 37.5 Å². The Hall–Kier alpha value is -3.73. The summed E-state index contributed by atoms with van der Waals surface area (Å²) in [5.41, 5.74) is 3.52. The fourth-order valence-corrected chi connectivity index (χ4v) is 4.34. The Morgan fingerprint density at radius 2 is 1.65 bits per heavy atom. The number of amides is 1. The van der Waals surface area contributed by atoms with Crippen molar-refractivity contribution in [2.24, 2.45) is 0 Å². The van der Waals surface area contributed by atoms with Crippen LogP contribution in [0.15, 0.2) is 78.9 Å². The van der Waals surface area contributed by atoms with E-state index in [0.29, 0.717) is 34.9 Å². The fourth-order valence-electron chi connectivity index (χ4n) is 4.34. The van der Waals surface area contributed by atoms with Crippen molar-refractivity contribution < 1.29 is 9.18 Å². The number of nitrogens with zero attached hydrogens (tertiary/aromatic N) is 2. The van der Waals surface area contributed by atoms with Gasteiger partial charge in [0.25, 0.3) is 5.91 Å². The molecule has 34 heavy (non-hydrogen) atoms. The van der Waals surface area contributed by atoms with Gasteiger partial charge in [-0.2, -0.15) is 0 Å². The first-order valence-corrected chi connectivity index (χ1v) is 11.8. The molecule has 0 saturated carbocycles. The molecule has 4 nitrogen and oxygen atoms in total. The van der Waals surface area contributed by atoms with Crippen LogP contribution in [0.4, 0.5) is 4.39 Å². The molecule has 0 fully saturated rings. The van der Waals surface area contributed by atoms with Crippen LogP contribution in [0.5, 0.6) is 0 Å². The average molecular weight is 456 g/mol. The molecule has 1 unspecified atom stereocenters. The SMILES string of the molecule is CCCC(NC(=O)c1c(-c2cccc(C)c2F)nc(-c2ccccc2)n1CC)c1ccccc1. The molecule has 4 aromatic rings. The lowest BCUT2D eigenvalue weighted by Gasteiger charge is -2.20. The topological polar surface area (TPSA) is 46.9 Å². The van der Waals surface area contributed by atoms with Gasteiger partial charge in [-0.15, -0.1) is 0 Å². The van der Waals surface area contributed by atoms with E-state index in [0.717, 1.165) is 24.0 Å². The maximum atomic E-state index is 15.2. The van der Waals surface area contributed by atoms with Gasteiger partial charge in [0.2, 0.25) is 0 Å². The second kappa shape index (κ2) is 10.5. The summed E-state index contributed by atoms with van der Waals surface area (Å²) in [6.07, 6.45) is 1.72. The molecule has 0 aliphatic rings. The molecule has 0 aliphatic heterocycles. The van der Waals surface area contributed by atoms with E-state index in [-0.39, 0.29) is 17.8 Å². The van der Waals surface area contributed by atoms with Crippen molar-refractivity contribution in [2.75, 3.05) is 0 Å². The third kappa shape index (κ3) is 4.65. The molecule has 1 aromatic heterocycles. The molecule has 0 spiro atoms. The van der Waals surface area contributed by atoms with Gasteiger partial charge >= 0.3 is 0 Å². The Kier molecular flexibility index (Phi) is 7.21. The Balaban J connectivity index is 1.86. The lowest BCUT2D eigenvalue weighted by molar-refractivity contribution is 0.0926. The number of rotatable bonds is 8. The van der Waals surface area contributed by atoms with Crippen LogP contribution in [0.3, 0.4) is 0 Å². The summed E-state index contributed by atoms with van der Waals surface area (Å²) in [5.74, 6) is 0.0377. The van der Waals surface area contributed by atoms with Gasteiger partial charge in [-0.1, -0.05) is 86.1 Å². The van der Waals surface area contributed by atoms with E-state index in [9.17, 15) is 4.79 Å². The maximum absolute atomic E-state index is 15.2. The predicted molar refractivity (Wildman–Crippen MR) is 135 cm³/mol. The monoisotopic (exact) mass is 455 g/mol. The first-order valence-electron chi connectivity index (χ1n) is 11.8. The molecule has 0 aliphatic carbocycles. The molecule has 1 atom stereocenters. The van der Waals surface area contributed by atoms with Crippen LogP contribution in [0, 0.1) is 12.7 Å². The van der Waals surface area contributed by atoms with Crippen LogP contribution < -0.4 is 5.32 Å². The number of carbonyl (C=O) groups excluding carboxylic acids is 1. The molecule has 1 N–H and O–H groups in total. The summed E-state index contributed by atoms with van der Waals surface area (Å²) >= 11 is 0. The zero-order chi connectivity index (χ0) is 24.1. The smallest absolute Gasteiger partial charge is 0.270 e. The minimum atomic E-state index is -0.356. The fraction of sp³-hybridized carbons (Fsp3) is 0.241. The van der Waals surface area contributed by atoms with Gasteiger partial charge < -0.3 is 9.88 Å². The predicted octanol–water partition coefficient (Wildman–Crippen LogP) is 6.96. The molecule has 3 aromatic carbocycles. The molecule has 1 heterocycles. The lowest BCUT2D eigenvalue weighted by atomic mass is 10.0. The minimum absolute atomic E-state index is 0.144. The standard InChI is InChI=1S/C29H30FN3O/c1-4-13-24(21-15-8-6-9-16-21)31-29(34)27-26(23-19-12-14-20(3)25(23)30)32-28(33(27)5-2)22-17-10-7-11-18-22/h6-12,14-19,24H,4-5,13H2,1-3H3,(H,31,34). The molecule has 0 bridgehead atoms. The van der Waals surface area contributed by atoms with Crippen molar-refractivity contribution in [1.82, 2.24) is 14.9 Å². The molecular weight excluding hydrogens is 425 g/mol. The largest absolute Gasteiger partial charge is 0.344 e. The van der Waals surface area contributed by atoms with Crippen LogP contribution >= 0.6 is 0 Å². The Morgan fingerprint density at radius 1 is 0.971 bits per heavy atom. The van der Waals surface area contributed by atoms with Crippen LogP contribution in [-0.2, 0) is 6.54 Å². The van der Waals surface area contributed by atoms with Crippen LogP contribution in [-0.4, -0.2) is 15.5 Å². The highest BCUT2D eigenvalue weighted by atomic mass is 19.1. The van der Waals surface area contributed by atoms with E-state index < -0.39 is 0 Å². The summed E-state index contributed by atoms with van der Waals surface area (Å²) in [7, 11) is 0. The van der Waals surface area contributed by atoms with Crippen LogP contribution in [0.2, 0.25) is 0 Å². The van der Waals surface area contributed by atoms with Crippen LogP contribution in [0.1, 0.15) is 54.3 Å². The molecule has 0 radical (unpaired) electrons. The zero-order valence-corrected chi connectivity index (χ0v) is 19.9. The molecule has 1 amide bonds. The molecule has 5 heteroatoms. The van der Waals surface area contributed by atoms with E-state index in [2.05, 4.69) is 12.2 Å². The number of aromatic nitrogens is 2. The number of hydrogen-bond acceptors (Lipinski definition) is 2. The quantitative estimate of drug-likeness (QED) is 0.312. The van der Waals surface area contributed by atoms with Gasteiger partial charge in [0, 0.05) is 17.7 Å². The number of carbonyl (C=O) groups is 1. The zero-order valence-electron chi connectivity index (χ0n) is 19.9. The molecule has 174 valence electrons. The number of imidazole rings is 1.